The van der Waals surface area contributed by atoms with Crippen LogP contribution in [0.1, 0.15) is 6.92 Å². The van der Waals surface area contributed by atoms with Crippen LogP contribution in [0.2, 0.25) is 0 Å². The van der Waals surface area contributed by atoms with Crippen molar-refractivity contribution in [2.75, 3.05) is 44.5 Å². The summed E-state index contributed by atoms with van der Waals surface area (Å²) in [5.74, 6) is 0.903. The number of benzene rings is 1. The third kappa shape index (κ3) is 8.59. The first-order valence-corrected chi connectivity index (χ1v) is 8.59. The molecule has 0 atom stereocenters. The molecule has 5 heteroatoms. The second-order valence-corrected chi connectivity index (χ2v) is 5.75. The van der Waals surface area contributed by atoms with Crippen LogP contribution >= 0.6 is 12.6 Å². The van der Waals surface area contributed by atoms with Crippen molar-refractivity contribution < 1.29 is 5.32 Å². The topological polar surface area (TPSA) is 35.5 Å². The Morgan fingerprint density at radius 3 is 2.61 bits per heavy atom. The molecule has 1 rings (SSSR count). The van der Waals surface area contributed by atoms with Crippen LogP contribution in [0, 0.1) is 0 Å². The number of nitrogens with zero attached hydrogens (tertiary/aromatic N) is 3. The van der Waals surface area contributed by atoms with Crippen LogP contribution in [0.25, 0.3) is 0 Å². The molecule has 0 aliphatic heterocycles. The molecule has 0 spiro atoms. The molecule has 0 heterocycles. The lowest BCUT2D eigenvalue weighted by atomic mass is 10.3. The Morgan fingerprint density at radius 2 is 1.96 bits per heavy atom. The van der Waals surface area contributed by atoms with Gasteiger partial charge in [0.2, 0.25) is 0 Å². The largest absolute Gasteiger partial charge is 0.319 e. The molecule has 0 aliphatic rings. The standard InChI is InChI=1S/C18H28N4S/c1-4-17(10-11-19-12-13-21(2)14-15-23)16-20-22(3)18-8-6-5-7-9-18/h4-11,16,19,23H,12-15H2,1-3H3/p+1/b11-10-,17-4+,20-16+. The number of likely N-dealkylation sites (N-methyl/N-ethyl adjacent to an activating group) is 1. The van der Waals surface area contributed by atoms with E-state index in [-0.39, 0.29) is 0 Å². The number of thiol groups is 1. The number of para-hydroxylation sites is 1. The van der Waals surface area contributed by atoms with Crippen molar-refractivity contribution in [3.8, 4) is 0 Å². The highest BCUT2D eigenvalue weighted by Gasteiger charge is 1.97. The highest BCUT2D eigenvalue weighted by atomic mass is 32.1. The highest BCUT2D eigenvalue weighted by Crippen LogP contribution is 2.10. The molecule has 4 nitrogen and oxygen atoms in total. The number of hydrogen-bond acceptors (Lipinski definition) is 4. The first kappa shape index (κ1) is 19.5. The molecule has 0 saturated heterocycles. The van der Waals surface area contributed by atoms with Crippen LogP contribution in [0.5, 0.6) is 0 Å². The number of rotatable bonds is 10. The normalized spacial score (nSPS) is 12.7. The maximum atomic E-state index is 4.48. The molecule has 0 unspecified atom stereocenters. The van der Waals surface area contributed by atoms with Crippen molar-refractivity contribution in [3.05, 3.63) is 54.3 Å². The third-order valence-corrected chi connectivity index (χ3v) is 3.63. The van der Waals surface area contributed by atoms with E-state index in [9.17, 15) is 0 Å². The van der Waals surface area contributed by atoms with Gasteiger partial charge in [0.15, 0.2) is 0 Å². The summed E-state index contributed by atoms with van der Waals surface area (Å²) in [5, 5.41) is 8.53. The molecule has 0 aromatic heterocycles. The van der Waals surface area contributed by atoms with E-state index < -0.39 is 0 Å². The Bertz CT molecular complexity index is 511. The summed E-state index contributed by atoms with van der Waals surface area (Å²) in [6, 6.07) is 10.1. The van der Waals surface area contributed by atoms with Crippen LogP contribution in [0.4, 0.5) is 5.69 Å². The maximum Gasteiger partial charge on any atom is 0.0932 e. The van der Waals surface area contributed by atoms with Gasteiger partial charge in [0.05, 0.1) is 24.6 Å². The number of anilines is 1. The van der Waals surface area contributed by atoms with E-state index in [1.54, 1.807) is 0 Å². The summed E-state index contributed by atoms with van der Waals surface area (Å²) in [4.78, 5) is 2.28. The second kappa shape index (κ2) is 11.9. The molecular weight excluding hydrogens is 304 g/mol. The monoisotopic (exact) mass is 333 g/mol. The van der Waals surface area contributed by atoms with Gasteiger partial charge < -0.3 is 10.2 Å². The Balaban J connectivity index is 2.39. The zero-order valence-corrected chi connectivity index (χ0v) is 15.3. The van der Waals surface area contributed by atoms with Gasteiger partial charge in [0.1, 0.15) is 0 Å². The minimum Gasteiger partial charge on any atom is -0.319 e. The van der Waals surface area contributed by atoms with E-state index in [4.69, 9.17) is 0 Å². The summed E-state index contributed by atoms with van der Waals surface area (Å²) >= 11 is 4.24. The van der Waals surface area contributed by atoms with Gasteiger partial charge in [-0.3, -0.25) is 5.01 Å². The molecular formula is C18H29N4S+. The zero-order valence-electron chi connectivity index (χ0n) is 14.4. The number of allylic oxidation sites excluding steroid dienone is 3. The first-order valence-electron chi connectivity index (χ1n) is 7.95. The Hall–Kier alpha value is -1.56. The van der Waals surface area contributed by atoms with Gasteiger partial charge in [-0.1, -0.05) is 24.3 Å². The first-order chi connectivity index (χ1) is 11.2. The summed E-state index contributed by atoms with van der Waals surface area (Å²) in [7, 11) is 4.07. The lowest BCUT2D eigenvalue weighted by Crippen LogP contribution is -2.79. The molecule has 1 aromatic rings. The van der Waals surface area contributed by atoms with Crippen LogP contribution in [-0.2, 0) is 0 Å². The third-order valence-electron chi connectivity index (χ3n) is 3.43. The molecule has 0 bridgehead atoms. The van der Waals surface area contributed by atoms with Crippen LogP contribution in [0.3, 0.4) is 0 Å². The SMILES string of the molecule is C/C=C(\C=C/[NH2+]CCN(C)CCS)/C=N/N(C)c1ccccc1. The van der Waals surface area contributed by atoms with Gasteiger partial charge in [-0.05, 0) is 37.8 Å². The Morgan fingerprint density at radius 1 is 1.22 bits per heavy atom. The highest BCUT2D eigenvalue weighted by molar-refractivity contribution is 7.80. The zero-order chi connectivity index (χ0) is 16.9. The van der Waals surface area contributed by atoms with Gasteiger partial charge >= 0.3 is 0 Å². The molecule has 126 valence electrons. The van der Waals surface area contributed by atoms with E-state index >= 15 is 0 Å². The fraction of sp³-hybridized carbons (Fsp3) is 0.389. The van der Waals surface area contributed by atoms with E-state index in [2.05, 4.69) is 53.3 Å². The molecule has 0 radical (unpaired) electrons. The molecule has 0 amide bonds. The number of nitrogens with two attached hydrogens (primary N) is 1. The van der Waals surface area contributed by atoms with Gasteiger partial charge in [-0.15, -0.1) is 0 Å². The second-order valence-electron chi connectivity index (χ2n) is 5.30. The quantitative estimate of drug-likeness (QED) is 0.226. The Kier molecular flexibility index (Phi) is 10.1. The van der Waals surface area contributed by atoms with E-state index in [1.165, 1.54) is 0 Å². The summed E-state index contributed by atoms with van der Waals surface area (Å²) < 4.78 is 0. The van der Waals surface area contributed by atoms with Crippen molar-refractivity contribution in [2.45, 2.75) is 6.92 Å². The van der Waals surface area contributed by atoms with Gasteiger partial charge in [0, 0.05) is 25.9 Å². The molecule has 0 aliphatic carbocycles. The average Bonchev–Trinajstić information content (AvgIpc) is 2.58. The fourth-order valence-corrected chi connectivity index (χ4v) is 2.27. The van der Waals surface area contributed by atoms with Crippen molar-refractivity contribution in [1.82, 2.24) is 4.90 Å². The van der Waals surface area contributed by atoms with Crippen molar-refractivity contribution >= 4 is 24.5 Å². The molecule has 0 fully saturated rings. The lowest BCUT2D eigenvalue weighted by molar-refractivity contribution is -0.587. The van der Waals surface area contributed by atoms with E-state index in [0.717, 1.165) is 36.6 Å². The molecule has 1 aromatic carbocycles. The van der Waals surface area contributed by atoms with Crippen LogP contribution in [0.15, 0.2) is 59.4 Å². The summed E-state index contributed by atoms with van der Waals surface area (Å²) in [5.41, 5.74) is 2.16. The van der Waals surface area contributed by atoms with Crippen molar-refractivity contribution in [2.24, 2.45) is 5.10 Å². The van der Waals surface area contributed by atoms with Gasteiger partial charge in [-0.25, -0.2) is 0 Å². The summed E-state index contributed by atoms with van der Waals surface area (Å²) in [6.45, 7) is 5.15. The van der Waals surface area contributed by atoms with E-state index in [1.807, 2.05) is 55.5 Å². The molecule has 2 N–H and O–H groups in total. The fourth-order valence-electron chi connectivity index (χ4n) is 1.93. The number of hydrazone groups is 1. The predicted molar refractivity (Wildman–Crippen MR) is 104 cm³/mol. The minimum atomic E-state index is 0.903. The maximum absolute atomic E-state index is 4.48. The predicted octanol–water partition coefficient (Wildman–Crippen LogP) is 1.99. The van der Waals surface area contributed by atoms with Crippen LogP contribution in [-0.4, -0.2) is 50.6 Å². The molecule has 0 saturated carbocycles. The summed E-state index contributed by atoms with van der Waals surface area (Å²) in [6.07, 6.45) is 8.11. The lowest BCUT2D eigenvalue weighted by Gasteiger charge is -2.12. The van der Waals surface area contributed by atoms with E-state index in [0.29, 0.717) is 0 Å². The van der Waals surface area contributed by atoms with Gasteiger partial charge in [-0.2, -0.15) is 17.7 Å². The van der Waals surface area contributed by atoms with Crippen molar-refractivity contribution in [1.29, 1.82) is 0 Å². The van der Waals surface area contributed by atoms with Crippen molar-refractivity contribution in [3.63, 3.8) is 0 Å². The minimum absolute atomic E-state index is 0.903. The molecule has 23 heavy (non-hydrogen) atoms. The van der Waals surface area contributed by atoms with Crippen LogP contribution < -0.4 is 10.3 Å². The van der Waals surface area contributed by atoms with Gasteiger partial charge in [0.25, 0.3) is 0 Å². The number of quaternary nitrogens is 1. The average molecular weight is 334 g/mol. The smallest absolute Gasteiger partial charge is 0.0932 e. The number of hydrogen-bond donors (Lipinski definition) is 2. The Labute approximate surface area is 146 Å².